The zero-order valence-corrected chi connectivity index (χ0v) is 25.3. The van der Waals surface area contributed by atoms with Gasteiger partial charge in [-0.1, -0.05) is 60.1 Å². The monoisotopic (exact) mass is 521 g/mol. The Morgan fingerprint density at radius 3 is 2.37 bits per heavy atom. The van der Waals surface area contributed by atoms with E-state index in [-0.39, 0.29) is 11.3 Å². The highest BCUT2D eigenvalue weighted by atomic mass is 16.4. The fourth-order valence-corrected chi connectivity index (χ4v) is 12.7. The summed E-state index contributed by atoms with van der Waals surface area (Å²) in [6.45, 7) is 16.7. The van der Waals surface area contributed by atoms with Gasteiger partial charge in [0.15, 0.2) is 0 Å². The summed E-state index contributed by atoms with van der Waals surface area (Å²) < 4.78 is 0. The van der Waals surface area contributed by atoms with E-state index in [1.54, 1.807) is 5.57 Å². The van der Waals surface area contributed by atoms with Crippen molar-refractivity contribution in [2.24, 2.45) is 51.2 Å². The number of aliphatic carboxylic acids is 1. The molecule has 38 heavy (non-hydrogen) atoms. The second kappa shape index (κ2) is 8.95. The molecule has 0 aliphatic heterocycles. The fraction of sp³-hybridized carbons (Fsp3) is 0.857. The predicted octanol–water partition coefficient (Wildman–Crippen LogP) is 8.55. The normalized spacial score (nSPS) is 49.6. The van der Waals surface area contributed by atoms with Crippen LogP contribution in [-0.4, -0.2) is 23.2 Å². The van der Waals surface area contributed by atoms with Crippen LogP contribution in [-0.2, 0) is 4.79 Å². The predicted molar refractivity (Wildman–Crippen MR) is 156 cm³/mol. The van der Waals surface area contributed by atoms with Crippen LogP contribution in [0.4, 0.5) is 0 Å². The Labute approximate surface area is 232 Å². The summed E-state index contributed by atoms with van der Waals surface area (Å²) in [7, 11) is 0. The van der Waals surface area contributed by atoms with E-state index in [2.05, 4.69) is 59.0 Å². The van der Waals surface area contributed by atoms with Gasteiger partial charge < -0.3 is 10.4 Å². The van der Waals surface area contributed by atoms with E-state index in [0.717, 1.165) is 37.1 Å². The van der Waals surface area contributed by atoms with E-state index in [1.807, 2.05) is 0 Å². The molecular formula is C35H55NO2. The van der Waals surface area contributed by atoms with Gasteiger partial charge in [-0.3, -0.25) is 4.79 Å². The highest BCUT2D eigenvalue weighted by Crippen LogP contribution is 2.76. The quantitative estimate of drug-likeness (QED) is 0.390. The fourth-order valence-electron chi connectivity index (χ4n) is 12.7. The molecule has 2 N–H and O–H groups in total. The summed E-state index contributed by atoms with van der Waals surface area (Å²) in [6, 6.07) is 0. The molecule has 4 saturated carbocycles. The first-order valence-corrected chi connectivity index (χ1v) is 16.3. The zero-order valence-electron chi connectivity index (χ0n) is 25.3. The van der Waals surface area contributed by atoms with Crippen LogP contribution in [0.15, 0.2) is 23.3 Å². The van der Waals surface area contributed by atoms with E-state index in [9.17, 15) is 9.90 Å². The first-order valence-electron chi connectivity index (χ1n) is 16.3. The number of hydrogen-bond donors (Lipinski definition) is 2. The number of allylic oxidation sites excluding steroid dienone is 4. The Morgan fingerprint density at radius 2 is 1.68 bits per heavy atom. The number of nitrogens with one attached hydrogen (secondary N) is 1. The van der Waals surface area contributed by atoms with Crippen molar-refractivity contribution in [2.75, 3.05) is 6.54 Å². The first-order chi connectivity index (χ1) is 17.9. The summed E-state index contributed by atoms with van der Waals surface area (Å²) >= 11 is 0. The molecular weight excluding hydrogens is 466 g/mol. The van der Waals surface area contributed by atoms with Gasteiger partial charge in [0.2, 0.25) is 0 Å². The van der Waals surface area contributed by atoms with Crippen molar-refractivity contribution in [3.05, 3.63) is 23.3 Å². The van der Waals surface area contributed by atoms with Gasteiger partial charge in [0, 0.05) is 5.54 Å². The van der Waals surface area contributed by atoms with Crippen LogP contribution in [0, 0.1) is 51.2 Å². The van der Waals surface area contributed by atoms with Crippen LogP contribution in [0.1, 0.15) is 125 Å². The molecule has 4 fully saturated rings. The minimum atomic E-state index is -0.622. The SMILES string of the molecule is CCN[C@]12CCCC1C1CCC3C4(C)CC=C(C5=CCC(C(=O)O)CC5)C(C)(C)C4CCC3(C)[C@]1(C)CC2. The standard InChI is InChI=1S/C35H55NO2/c1-7-36-35-18-8-9-27(35)26-14-15-29-32(4)19-16-25(23-10-12-24(13-11-23)30(37)38)31(2,3)28(32)17-20-34(29,6)33(26,5)21-22-35/h10,16,24,26-29,36H,7-9,11-15,17-22H2,1-6H3,(H,37,38)/t24?,26?,27?,28?,29?,32?,33-,34?,35+/m1/s1. The summed E-state index contributed by atoms with van der Waals surface area (Å²) in [5.41, 5.74) is 4.87. The molecule has 6 aliphatic rings. The van der Waals surface area contributed by atoms with Crippen LogP contribution >= 0.6 is 0 Å². The lowest BCUT2D eigenvalue weighted by Crippen LogP contribution is -2.67. The minimum absolute atomic E-state index is 0.159. The molecule has 6 rings (SSSR count). The first kappa shape index (κ1) is 27.1. The molecule has 0 aromatic carbocycles. The van der Waals surface area contributed by atoms with E-state index >= 15 is 0 Å². The third kappa shape index (κ3) is 3.51. The number of fused-ring (bicyclic) bond motifs is 7. The summed E-state index contributed by atoms with van der Waals surface area (Å²) in [5, 5.41) is 13.6. The van der Waals surface area contributed by atoms with Crippen LogP contribution < -0.4 is 5.32 Å². The molecule has 0 aromatic heterocycles. The van der Waals surface area contributed by atoms with Gasteiger partial charge >= 0.3 is 5.97 Å². The molecule has 0 heterocycles. The molecule has 0 bridgehead atoms. The lowest BCUT2D eigenvalue weighted by molar-refractivity contribution is -0.218. The Kier molecular flexibility index (Phi) is 6.39. The molecule has 3 heteroatoms. The number of carboxylic acid groups (broad SMARTS) is 1. The molecule has 9 atom stereocenters. The Hall–Kier alpha value is -1.09. The maximum absolute atomic E-state index is 11.5. The van der Waals surface area contributed by atoms with E-state index < -0.39 is 5.97 Å². The van der Waals surface area contributed by atoms with E-state index in [0.29, 0.717) is 34.1 Å². The van der Waals surface area contributed by atoms with Gasteiger partial charge in [-0.25, -0.2) is 0 Å². The average Bonchev–Trinajstić information content (AvgIpc) is 3.28. The van der Waals surface area contributed by atoms with Crippen molar-refractivity contribution in [1.29, 1.82) is 0 Å². The third-order valence-corrected chi connectivity index (χ3v) is 14.6. The maximum atomic E-state index is 11.5. The molecule has 0 saturated heterocycles. The van der Waals surface area contributed by atoms with Gasteiger partial charge in [-0.05, 0) is 140 Å². The number of hydrogen-bond acceptors (Lipinski definition) is 2. The van der Waals surface area contributed by atoms with Crippen LogP contribution in [0.5, 0.6) is 0 Å². The maximum Gasteiger partial charge on any atom is 0.306 e. The lowest BCUT2D eigenvalue weighted by atomic mass is 9.33. The van der Waals surface area contributed by atoms with Crippen LogP contribution in [0.3, 0.4) is 0 Å². The lowest BCUT2D eigenvalue weighted by Gasteiger charge is -2.72. The van der Waals surface area contributed by atoms with Crippen molar-refractivity contribution in [3.8, 4) is 0 Å². The van der Waals surface area contributed by atoms with Crippen molar-refractivity contribution in [3.63, 3.8) is 0 Å². The second-order valence-corrected chi connectivity index (χ2v) is 15.9. The summed E-state index contributed by atoms with van der Waals surface area (Å²) in [4.78, 5) is 11.5. The number of carboxylic acids is 1. The highest BCUT2D eigenvalue weighted by Gasteiger charge is 2.69. The highest BCUT2D eigenvalue weighted by molar-refractivity contribution is 5.70. The number of rotatable bonds is 4. The molecule has 0 spiro atoms. The van der Waals surface area contributed by atoms with Crippen molar-refractivity contribution < 1.29 is 9.90 Å². The molecule has 0 aromatic rings. The largest absolute Gasteiger partial charge is 0.481 e. The van der Waals surface area contributed by atoms with Gasteiger partial charge in [0.05, 0.1) is 5.92 Å². The van der Waals surface area contributed by atoms with Gasteiger partial charge in [-0.15, -0.1) is 0 Å². The topological polar surface area (TPSA) is 49.3 Å². The Balaban J connectivity index is 1.31. The average molecular weight is 522 g/mol. The minimum Gasteiger partial charge on any atom is -0.481 e. The van der Waals surface area contributed by atoms with E-state index in [1.165, 1.54) is 69.8 Å². The molecule has 0 amide bonds. The smallest absolute Gasteiger partial charge is 0.306 e. The third-order valence-electron chi connectivity index (χ3n) is 14.6. The van der Waals surface area contributed by atoms with Crippen molar-refractivity contribution in [1.82, 2.24) is 5.32 Å². The Morgan fingerprint density at radius 1 is 0.895 bits per heavy atom. The summed E-state index contributed by atoms with van der Waals surface area (Å²) in [5.74, 6) is 2.47. The molecule has 6 aliphatic carbocycles. The summed E-state index contributed by atoms with van der Waals surface area (Å²) in [6.07, 6.45) is 21.3. The van der Waals surface area contributed by atoms with Crippen molar-refractivity contribution >= 4 is 5.97 Å². The number of carbonyl (C=O) groups is 1. The Bertz CT molecular complexity index is 1040. The molecule has 7 unspecified atom stereocenters. The second-order valence-electron chi connectivity index (χ2n) is 15.9. The van der Waals surface area contributed by atoms with E-state index in [4.69, 9.17) is 0 Å². The van der Waals surface area contributed by atoms with Crippen LogP contribution in [0.2, 0.25) is 0 Å². The van der Waals surface area contributed by atoms with Gasteiger partial charge in [0.1, 0.15) is 0 Å². The zero-order chi connectivity index (χ0) is 27.1. The van der Waals surface area contributed by atoms with Crippen LogP contribution in [0.25, 0.3) is 0 Å². The molecule has 3 nitrogen and oxygen atoms in total. The molecule has 0 radical (unpaired) electrons. The van der Waals surface area contributed by atoms with Gasteiger partial charge in [0.25, 0.3) is 0 Å². The molecule has 212 valence electrons. The van der Waals surface area contributed by atoms with Gasteiger partial charge in [-0.2, -0.15) is 0 Å². The van der Waals surface area contributed by atoms with Crippen molar-refractivity contribution in [2.45, 2.75) is 131 Å².